The lowest BCUT2D eigenvalue weighted by atomic mass is 9.62. The fraction of sp³-hybridized carbons (Fsp3) is 0.273. The number of carbonyl (C=O) groups excluding carboxylic acids is 1. The first-order valence-electron chi connectivity index (χ1n) is 14.2. The lowest BCUT2D eigenvalue weighted by molar-refractivity contribution is 0.102. The number of aromatic nitrogens is 4. The third kappa shape index (κ3) is 4.50. The second kappa shape index (κ2) is 10.9. The van der Waals surface area contributed by atoms with Gasteiger partial charge in [0.25, 0.3) is 5.56 Å². The third-order valence-corrected chi connectivity index (χ3v) is 10.1. The van der Waals surface area contributed by atoms with E-state index in [1.165, 1.54) is 23.7 Å². The van der Waals surface area contributed by atoms with Crippen LogP contribution >= 0.6 is 27.7 Å². The number of ketones is 1. The van der Waals surface area contributed by atoms with Crippen molar-refractivity contribution in [3.05, 3.63) is 104 Å². The Kier molecular flexibility index (Phi) is 7.02. The molecular weight excluding hydrogens is 612 g/mol. The molecule has 0 unspecified atom stereocenters. The Balaban J connectivity index is 1.46. The Morgan fingerprint density at radius 2 is 1.71 bits per heavy atom. The summed E-state index contributed by atoms with van der Waals surface area (Å²) in [5, 5.41) is 9.76. The maximum absolute atomic E-state index is 14.7. The number of ether oxygens (including phenoxy) is 1. The van der Waals surface area contributed by atoms with E-state index in [9.17, 15) is 9.59 Å². The van der Waals surface area contributed by atoms with E-state index >= 15 is 0 Å². The summed E-state index contributed by atoms with van der Waals surface area (Å²) >= 11 is 4.79. The zero-order chi connectivity index (χ0) is 28.8. The minimum absolute atomic E-state index is 0.00532. The molecule has 0 N–H and O–H groups in total. The maximum Gasteiger partial charge on any atom is 0.263 e. The number of benzene rings is 3. The smallest absolute Gasteiger partial charge is 0.263 e. The van der Waals surface area contributed by atoms with Crippen molar-refractivity contribution in [3.8, 4) is 22.7 Å². The van der Waals surface area contributed by atoms with Crippen molar-refractivity contribution in [1.29, 1.82) is 0 Å². The van der Waals surface area contributed by atoms with Crippen LogP contribution < -0.4 is 10.3 Å². The number of carbonyl (C=O) groups is 1. The summed E-state index contributed by atoms with van der Waals surface area (Å²) in [6.07, 6.45) is 6.13. The van der Waals surface area contributed by atoms with Crippen LogP contribution in [-0.2, 0) is 11.8 Å². The minimum atomic E-state index is -0.263. The molecule has 0 aliphatic heterocycles. The van der Waals surface area contributed by atoms with Gasteiger partial charge in [-0.05, 0) is 61.2 Å². The quantitative estimate of drug-likeness (QED) is 0.146. The first-order chi connectivity index (χ1) is 20.5. The summed E-state index contributed by atoms with van der Waals surface area (Å²) in [4.78, 5) is 27.9. The van der Waals surface area contributed by atoms with Crippen molar-refractivity contribution < 1.29 is 9.53 Å². The average molecular weight is 642 g/mol. The molecule has 0 amide bonds. The minimum Gasteiger partial charge on any atom is -0.497 e. The number of hydrogen-bond donors (Lipinski definition) is 0. The topological polar surface area (TPSA) is 78.5 Å². The van der Waals surface area contributed by atoms with Gasteiger partial charge in [-0.15, -0.1) is 10.2 Å². The summed E-state index contributed by atoms with van der Waals surface area (Å²) in [5.74, 6) is 1.35. The van der Waals surface area contributed by atoms with E-state index in [0.29, 0.717) is 27.9 Å². The summed E-state index contributed by atoms with van der Waals surface area (Å²) < 4.78 is 10.0. The summed E-state index contributed by atoms with van der Waals surface area (Å²) in [5.41, 5.74) is 5.02. The molecule has 0 atom stereocenters. The van der Waals surface area contributed by atoms with Crippen LogP contribution in [0.1, 0.15) is 53.6 Å². The molecule has 42 heavy (non-hydrogen) atoms. The van der Waals surface area contributed by atoms with Gasteiger partial charge in [-0.3, -0.25) is 14.0 Å². The Bertz CT molecular complexity index is 1870. The van der Waals surface area contributed by atoms with E-state index in [4.69, 9.17) is 4.74 Å². The fourth-order valence-corrected chi connectivity index (χ4v) is 7.76. The lowest BCUT2D eigenvalue weighted by Gasteiger charge is -2.42. The normalized spacial score (nSPS) is 15.4. The molecular formula is C33H29BrN4O3S. The van der Waals surface area contributed by atoms with E-state index in [1.54, 1.807) is 11.7 Å². The molecule has 2 aliphatic rings. The first kappa shape index (κ1) is 27.2. The van der Waals surface area contributed by atoms with Gasteiger partial charge in [0.1, 0.15) is 5.75 Å². The second-order valence-electron chi connectivity index (χ2n) is 11.1. The van der Waals surface area contributed by atoms with E-state index in [1.807, 2.05) is 59.0 Å². The van der Waals surface area contributed by atoms with Crippen molar-refractivity contribution in [2.75, 3.05) is 12.9 Å². The van der Waals surface area contributed by atoms with E-state index < -0.39 is 0 Å². The number of fused-ring (bicyclic) bond motifs is 6. The summed E-state index contributed by atoms with van der Waals surface area (Å²) in [7, 11) is 1.63. The number of halogens is 1. The molecule has 0 radical (unpaired) electrons. The zero-order valence-corrected chi connectivity index (χ0v) is 25.6. The van der Waals surface area contributed by atoms with Crippen LogP contribution in [0.5, 0.6) is 5.75 Å². The van der Waals surface area contributed by atoms with Crippen LogP contribution in [0.2, 0.25) is 0 Å². The number of methoxy groups -OCH3 is 1. The molecule has 2 heterocycles. The van der Waals surface area contributed by atoms with Crippen LogP contribution in [0.4, 0.5) is 0 Å². The fourth-order valence-electron chi connectivity index (χ4n) is 6.67. The molecule has 1 spiro atoms. The van der Waals surface area contributed by atoms with Gasteiger partial charge in [-0.25, -0.2) is 4.57 Å². The van der Waals surface area contributed by atoms with Gasteiger partial charge in [0.2, 0.25) is 5.78 Å². The van der Waals surface area contributed by atoms with Gasteiger partial charge in [0.05, 0.1) is 24.2 Å². The van der Waals surface area contributed by atoms with E-state index in [-0.39, 0.29) is 22.5 Å². The van der Waals surface area contributed by atoms with E-state index in [2.05, 4.69) is 44.3 Å². The van der Waals surface area contributed by atoms with Crippen molar-refractivity contribution in [3.63, 3.8) is 0 Å². The van der Waals surface area contributed by atoms with Crippen LogP contribution in [0.3, 0.4) is 0 Å². The van der Waals surface area contributed by atoms with E-state index in [0.717, 1.165) is 53.4 Å². The number of Topliss-reactive ketones (excluding diaryl/α,β-unsaturated/α-hetero) is 1. The van der Waals surface area contributed by atoms with Crippen LogP contribution in [0.25, 0.3) is 22.7 Å². The highest BCUT2D eigenvalue weighted by Crippen LogP contribution is 2.49. The predicted octanol–water partition coefficient (Wildman–Crippen LogP) is 7.05. The van der Waals surface area contributed by atoms with Gasteiger partial charge in [-0.1, -0.05) is 83.4 Å². The molecule has 0 saturated heterocycles. The number of thioether (sulfide) groups is 1. The Morgan fingerprint density at radius 3 is 2.45 bits per heavy atom. The Morgan fingerprint density at radius 1 is 0.976 bits per heavy atom. The number of rotatable bonds is 6. The maximum atomic E-state index is 14.7. The van der Waals surface area contributed by atoms with Crippen LogP contribution in [0, 0.1) is 0 Å². The van der Waals surface area contributed by atoms with Gasteiger partial charge in [0.15, 0.2) is 10.9 Å². The van der Waals surface area contributed by atoms with Crippen molar-refractivity contribution >= 4 is 39.3 Å². The molecule has 7 rings (SSSR count). The first-order valence-corrected chi connectivity index (χ1v) is 16.0. The molecule has 212 valence electrons. The highest BCUT2D eigenvalue weighted by Gasteiger charge is 2.44. The third-order valence-electron chi connectivity index (χ3n) is 8.67. The molecule has 9 heteroatoms. The molecule has 3 aromatic carbocycles. The second-order valence-corrected chi connectivity index (χ2v) is 12.9. The highest BCUT2D eigenvalue weighted by molar-refractivity contribution is 9.10. The number of hydrogen-bond acceptors (Lipinski definition) is 6. The van der Waals surface area contributed by atoms with Gasteiger partial charge >= 0.3 is 0 Å². The van der Waals surface area contributed by atoms with Crippen molar-refractivity contribution in [2.45, 2.75) is 49.1 Å². The zero-order valence-electron chi connectivity index (χ0n) is 23.2. The Labute approximate surface area is 256 Å². The number of nitrogens with zero attached hydrogens (tertiary/aromatic N) is 4. The van der Waals surface area contributed by atoms with Crippen molar-refractivity contribution in [1.82, 2.24) is 19.2 Å². The summed E-state index contributed by atoms with van der Waals surface area (Å²) in [6, 6.07) is 23.2. The van der Waals surface area contributed by atoms with Crippen LogP contribution in [0.15, 0.2) is 87.2 Å². The molecule has 7 nitrogen and oxygen atoms in total. The average Bonchev–Trinajstić information content (AvgIpc) is 3.44. The highest BCUT2D eigenvalue weighted by atomic mass is 79.9. The van der Waals surface area contributed by atoms with Gasteiger partial charge in [-0.2, -0.15) is 0 Å². The molecule has 2 aliphatic carbocycles. The van der Waals surface area contributed by atoms with Gasteiger partial charge < -0.3 is 4.74 Å². The van der Waals surface area contributed by atoms with Gasteiger partial charge in [0, 0.05) is 26.6 Å². The van der Waals surface area contributed by atoms with Crippen molar-refractivity contribution in [2.24, 2.45) is 0 Å². The largest absolute Gasteiger partial charge is 0.497 e. The molecule has 1 saturated carbocycles. The lowest BCUT2D eigenvalue weighted by Crippen LogP contribution is -2.43. The van der Waals surface area contributed by atoms with Crippen LogP contribution in [-0.4, -0.2) is 37.8 Å². The SMILES string of the molecule is COc1ccc(-n2c(=O)c3c(n4c(SCC(=O)c5ccc(Br)cc5)nnc24)-c2ccccc2CC32CCCCC2)cc1. The monoisotopic (exact) mass is 640 g/mol. The summed E-state index contributed by atoms with van der Waals surface area (Å²) in [6.45, 7) is 0. The molecule has 1 fully saturated rings. The Hall–Kier alpha value is -3.69. The standard InChI is InChI=1S/C33H29BrN4O3S/c1-41-25-15-13-24(14-16-25)37-30(40)28-29(26-8-4-3-7-22(26)19-33(28)17-5-2-6-18-33)38-31(37)35-36-32(38)42-20-27(39)21-9-11-23(34)12-10-21/h3-4,7-16H,2,5-6,17-20H2,1H3. The predicted molar refractivity (Wildman–Crippen MR) is 168 cm³/mol. The molecule has 0 bridgehead atoms. The molecule has 5 aromatic rings. The molecule has 2 aromatic heterocycles.